The van der Waals surface area contributed by atoms with Crippen molar-refractivity contribution in [1.29, 1.82) is 0 Å². The maximum absolute atomic E-state index is 6.41. The highest BCUT2D eigenvalue weighted by molar-refractivity contribution is 6.31. The molecule has 0 aromatic heterocycles. The Hall–Kier alpha value is -2.29. The zero-order valence-electron chi connectivity index (χ0n) is 13.9. The summed E-state index contributed by atoms with van der Waals surface area (Å²) in [5.41, 5.74) is 4.92. The normalized spacial score (nSPS) is 16.3. The maximum Gasteiger partial charge on any atom is 0.120 e. The van der Waals surface area contributed by atoms with Crippen molar-refractivity contribution in [3.63, 3.8) is 0 Å². The van der Waals surface area contributed by atoms with Gasteiger partial charge in [0.1, 0.15) is 12.4 Å². The molecular weight excluding hydrogens is 330 g/mol. The Morgan fingerprint density at radius 1 is 0.920 bits per heavy atom. The first-order valence-electron chi connectivity index (χ1n) is 8.58. The van der Waals surface area contributed by atoms with Gasteiger partial charge in [0, 0.05) is 11.6 Å². The first-order chi connectivity index (χ1) is 12.3. The Balaban J connectivity index is 1.57. The molecule has 0 spiro atoms. The smallest absolute Gasteiger partial charge is 0.120 e. The van der Waals surface area contributed by atoms with Crippen molar-refractivity contribution in [1.82, 2.24) is 5.32 Å². The largest absolute Gasteiger partial charge is 0.489 e. The van der Waals surface area contributed by atoms with Gasteiger partial charge in [-0.15, -0.1) is 0 Å². The first kappa shape index (κ1) is 16.2. The van der Waals surface area contributed by atoms with Gasteiger partial charge in [-0.25, -0.2) is 0 Å². The van der Waals surface area contributed by atoms with Crippen molar-refractivity contribution < 1.29 is 4.74 Å². The topological polar surface area (TPSA) is 21.3 Å². The van der Waals surface area contributed by atoms with Gasteiger partial charge in [-0.05, 0) is 46.9 Å². The van der Waals surface area contributed by atoms with Crippen LogP contribution in [0.4, 0.5) is 0 Å². The summed E-state index contributed by atoms with van der Waals surface area (Å²) >= 11 is 6.41. The number of rotatable bonds is 4. The second-order valence-corrected chi connectivity index (χ2v) is 6.70. The first-order valence-corrected chi connectivity index (χ1v) is 8.96. The van der Waals surface area contributed by atoms with Crippen LogP contribution in [0.3, 0.4) is 0 Å². The number of ether oxygens (including phenoxy) is 1. The molecule has 0 saturated heterocycles. The fraction of sp³-hybridized carbons (Fsp3) is 0.182. The van der Waals surface area contributed by atoms with Gasteiger partial charge in [-0.1, -0.05) is 66.2 Å². The quantitative estimate of drug-likeness (QED) is 0.703. The molecule has 1 heterocycles. The Morgan fingerprint density at radius 2 is 1.72 bits per heavy atom. The van der Waals surface area contributed by atoms with Crippen LogP contribution in [0, 0.1) is 0 Å². The molecule has 1 aliphatic rings. The molecule has 1 atom stereocenters. The molecule has 0 fully saturated rings. The maximum atomic E-state index is 6.41. The average molecular weight is 350 g/mol. The van der Waals surface area contributed by atoms with Crippen molar-refractivity contribution in [2.24, 2.45) is 0 Å². The van der Waals surface area contributed by atoms with E-state index in [2.05, 4.69) is 41.7 Å². The fourth-order valence-electron chi connectivity index (χ4n) is 3.36. The van der Waals surface area contributed by atoms with Crippen molar-refractivity contribution in [2.45, 2.75) is 19.1 Å². The number of halogens is 1. The minimum atomic E-state index is 0.139. The lowest BCUT2D eigenvalue weighted by Crippen LogP contribution is -2.30. The van der Waals surface area contributed by atoms with E-state index in [1.165, 1.54) is 16.7 Å². The molecular formula is C22H20ClNO. The highest BCUT2D eigenvalue weighted by Crippen LogP contribution is 2.34. The monoisotopic (exact) mass is 349 g/mol. The second kappa shape index (κ2) is 7.30. The van der Waals surface area contributed by atoms with E-state index in [0.29, 0.717) is 6.61 Å². The van der Waals surface area contributed by atoms with Gasteiger partial charge in [-0.2, -0.15) is 0 Å². The highest BCUT2D eigenvalue weighted by atomic mass is 35.5. The Bertz CT molecular complexity index is 863. The Kier molecular flexibility index (Phi) is 4.73. The predicted octanol–water partition coefficient (Wildman–Crippen LogP) is 5.15. The summed E-state index contributed by atoms with van der Waals surface area (Å²) in [6.45, 7) is 1.52. The second-order valence-electron chi connectivity index (χ2n) is 6.29. The Labute approximate surface area is 153 Å². The molecule has 1 N–H and O–H groups in total. The molecule has 2 nitrogen and oxygen atoms in total. The number of benzene rings is 3. The van der Waals surface area contributed by atoms with Gasteiger partial charge in [0.15, 0.2) is 0 Å². The molecule has 1 unspecified atom stereocenters. The van der Waals surface area contributed by atoms with Crippen molar-refractivity contribution in [3.8, 4) is 5.75 Å². The SMILES string of the molecule is Clc1ccccc1C1NCCc2cc(OCc3ccccc3)ccc21. The average Bonchev–Trinajstić information content (AvgIpc) is 2.67. The minimum absolute atomic E-state index is 0.139. The van der Waals surface area contributed by atoms with Gasteiger partial charge in [0.25, 0.3) is 0 Å². The molecule has 0 bridgehead atoms. The van der Waals surface area contributed by atoms with Gasteiger partial charge in [0.05, 0.1) is 6.04 Å². The zero-order chi connectivity index (χ0) is 17.1. The third-order valence-electron chi connectivity index (χ3n) is 4.63. The van der Waals surface area contributed by atoms with E-state index in [0.717, 1.165) is 29.3 Å². The summed E-state index contributed by atoms with van der Waals surface area (Å²) < 4.78 is 5.98. The number of hydrogen-bond acceptors (Lipinski definition) is 2. The van der Waals surface area contributed by atoms with E-state index in [1.807, 2.05) is 36.4 Å². The molecule has 25 heavy (non-hydrogen) atoms. The summed E-state index contributed by atoms with van der Waals surface area (Å²) in [6.07, 6.45) is 0.999. The van der Waals surface area contributed by atoms with Gasteiger partial charge in [0.2, 0.25) is 0 Å². The lowest BCUT2D eigenvalue weighted by Gasteiger charge is -2.28. The van der Waals surface area contributed by atoms with Crippen LogP contribution in [0.15, 0.2) is 72.8 Å². The highest BCUT2D eigenvalue weighted by Gasteiger charge is 2.23. The molecule has 126 valence electrons. The third kappa shape index (κ3) is 3.55. The minimum Gasteiger partial charge on any atom is -0.489 e. The van der Waals surface area contributed by atoms with Gasteiger partial charge in [-0.3, -0.25) is 0 Å². The summed E-state index contributed by atoms with van der Waals surface area (Å²) in [5, 5.41) is 4.39. The molecule has 1 aliphatic heterocycles. The van der Waals surface area contributed by atoms with E-state index in [1.54, 1.807) is 0 Å². The van der Waals surface area contributed by atoms with E-state index in [9.17, 15) is 0 Å². The van der Waals surface area contributed by atoms with Gasteiger partial charge < -0.3 is 10.1 Å². The summed E-state index contributed by atoms with van der Waals surface area (Å²) in [7, 11) is 0. The van der Waals surface area contributed by atoms with Crippen LogP contribution in [0.1, 0.15) is 28.3 Å². The molecule has 0 aliphatic carbocycles. The number of nitrogens with one attached hydrogen (secondary N) is 1. The zero-order valence-corrected chi connectivity index (χ0v) is 14.7. The summed E-state index contributed by atoms with van der Waals surface area (Å²) in [6, 6.07) is 24.8. The van der Waals surface area contributed by atoms with Crippen LogP contribution in [0.25, 0.3) is 0 Å². The van der Waals surface area contributed by atoms with Crippen LogP contribution in [-0.4, -0.2) is 6.54 Å². The molecule has 3 heteroatoms. The summed E-state index contributed by atoms with van der Waals surface area (Å²) in [4.78, 5) is 0. The third-order valence-corrected chi connectivity index (χ3v) is 4.98. The van der Waals surface area contributed by atoms with Crippen LogP contribution in [0.2, 0.25) is 5.02 Å². The van der Waals surface area contributed by atoms with Crippen molar-refractivity contribution in [2.75, 3.05) is 6.54 Å². The molecule has 0 saturated carbocycles. The van der Waals surface area contributed by atoms with Crippen LogP contribution in [0.5, 0.6) is 5.75 Å². The predicted molar refractivity (Wildman–Crippen MR) is 102 cm³/mol. The van der Waals surface area contributed by atoms with Crippen LogP contribution < -0.4 is 10.1 Å². The summed E-state index contributed by atoms with van der Waals surface area (Å²) in [5.74, 6) is 0.919. The molecule has 3 aromatic rings. The fourth-order valence-corrected chi connectivity index (χ4v) is 3.60. The van der Waals surface area contributed by atoms with E-state index in [4.69, 9.17) is 16.3 Å². The molecule has 0 radical (unpaired) electrons. The Morgan fingerprint density at radius 3 is 2.56 bits per heavy atom. The van der Waals surface area contributed by atoms with Gasteiger partial charge >= 0.3 is 0 Å². The number of fused-ring (bicyclic) bond motifs is 1. The number of hydrogen-bond donors (Lipinski definition) is 1. The van der Waals surface area contributed by atoms with Crippen LogP contribution >= 0.6 is 11.6 Å². The van der Waals surface area contributed by atoms with E-state index in [-0.39, 0.29) is 6.04 Å². The molecule has 4 rings (SSSR count). The lowest BCUT2D eigenvalue weighted by atomic mass is 9.89. The van der Waals surface area contributed by atoms with E-state index < -0.39 is 0 Å². The lowest BCUT2D eigenvalue weighted by molar-refractivity contribution is 0.305. The standard InChI is InChI=1S/C22H20ClNO/c23-21-9-5-4-8-20(21)22-19-11-10-18(14-17(19)12-13-24-22)25-15-16-6-2-1-3-7-16/h1-11,14,22,24H,12-13,15H2. The van der Waals surface area contributed by atoms with Crippen molar-refractivity contribution >= 4 is 11.6 Å². The molecule has 3 aromatic carbocycles. The van der Waals surface area contributed by atoms with Crippen LogP contribution in [-0.2, 0) is 13.0 Å². The molecule has 0 amide bonds. The van der Waals surface area contributed by atoms with Crippen molar-refractivity contribution in [3.05, 3.63) is 100 Å². The van der Waals surface area contributed by atoms with E-state index >= 15 is 0 Å².